The number of anilines is 1. The summed E-state index contributed by atoms with van der Waals surface area (Å²) in [5.41, 5.74) is 6.60. The number of rotatable bonds is 7. The molecule has 3 N–H and O–H groups in total. The number of halogens is 2. The average molecular weight is 473 g/mol. The standard InChI is InChI=1S/C24H26ClFN4O3/c1-13(2)10-14(11-20(27)31)23(32)29-22-24(33)30(3)19-9-8-15(25)12-17(19)21(28-22)16-6-4-5-7-18(16)26/h4-9,12-14,22H,10-11H2,1-3H3,(H2,27,31)(H,29,32). The van der Waals surface area contributed by atoms with Gasteiger partial charge in [0.1, 0.15) is 5.82 Å². The van der Waals surface area contributed by atoms with Crippen molar-refractivity contribution in [2.75, 3.05) is 11.9 Å². The quantitative estimate of drug-likeness (QED) is 0.646. The van der Waals surface area contributed by atoms with E-state index in [9.17, 15) is 18.8 Å². The van der Waals surface area contributed by atoms with E-state index in [0.29, 0.717) is 22.7 Å². The summed E-state index contributed by atoms with van der Waals surface area (Å²) in [6.07, 6.45) is -1.07. The fourth-order valence-corrected chi connectivity index (χ4v) is 4.03. The molecule has 0 radical (unpaired) electrons. The van der Waals surface area contributed by atoms with Crippen molar-refractivity contribution in [2.24, 2.45) is 22.6 Å². The molecule has 3 rings (SSSR count). The molecule has 9 heteroatoms. The Bertz CT molecular complexity index is 1120. The van der Waals surface area contributed by atoms with Gasteiger partial charge >= 0.3 is 0 Å². The number of amides is 3. The van der Waals surface area contributed by atoms with Crippen molar-refractivity contribution in [3.8, 4) is 0 Å². The van der Waals surface area contributed by atoms with E-state index in [1.54, 1.807) is 43.4 Å². The van der Waals surface area contributed by atoms with Crippen LogP contribution in [-0.4, -0.2) is 36.6 Å². The molecule has 2 unspecified atom stereocenters. The van der Waals surface area contributed by atoms with Crippen molar-refractivity contribution < 1.29 is 18.8 Å². The highest BCUT2D eigenvalue weighted by atomic mass is 35.5. The van der Waals surface area contributed by atoms with Gasteiger partial charge in [-0.15, -0.1) is 0 Å². The fourth-order valence-electron chi connectivity index (χ4n) is 3.86. The third-order valence-electron chi connectivity index (χ3n) is 5.38. The molecule has 0 fully saturated rings. The zero-order valence-electron chi connectivity index (χ0n) is 18.6. The largest absolute Gasteiger partial charge is 0.370 e. The lowest BCUT2D eigenvalue weighted by Crippen LogP contribution is -2.48. The molecule has 0 saturated heterocycles. The molecular weight excluding hydrogens is 447 g/mol. The minimum atomic E-state index is -1.33. The van der Waals surface area contributed by atoms with Gasteiger partial charge in [0, 0.05) is 35.5 Å². The normalized spacial score (nSPS) is 16.7. The molecule has 2 aromatic rings. The Kier molecular flexibility index (Phi) is 7.48. The van der Waals surface area contributed by atoms with Crippen LogP contribution in [0.15, 0.2) is 47.5 Å². The summed E-state index contributed by atoms with van der Waals surface area (Å²) < 4.78 is 14.7. The Morgan fingerprint density at radius 1 is 1.21 bits per heavy atom. The van der Waals surface area contributed by atoms with E-state index >= 15 is 0 Å². The molecule has 33 heavy (non-hydrogen) atoms. The minimum Gasteiger partial charge on any atom is -0.370 e. The number of hydrogen-bond acceptors (Lipinski definition) is 4. The van der Waals surface area contributed by atoms with Gasteiger partial charge in [-0.05, 0) is 42.7 Å². The maximum atomic E-state index is 14.7. The van der Waals surface area contributed by atoms with Gasteiger partial charge < -0.3 is 16.0 Å². The molecule has 0 aliphatic carbocycles. The second kappa shape index (κ2) is 10.1. The molecule has 3 amide bonds. The van der Waals surface area contributed by atoms with Gasteiger partial charge in [-0.1, -0.05) is 37.6 Å². The number of hydrogen-bond donors (Lipinski definition) is 2. The molecule has 0 aromatic heterocycles. The smallest absolute Gasteiger partial charge is 0.272 e. The van der Waals surface area contributed by atoms with Gasteiger partial charge in [0.2, 0.25) is 18.0 Å². The highest BCUT2D eigenvalue weighted by Crippen LogP contribution is 2.30. The zero-order chi connectivity index (χ0) is 24.3. The molecule has 0 spiro atoms. The lowest BCUT2D eigenvalue weighted by atomic mass is 9.93. The minimum absolute atomic E-state index is 0.122. The number of nitrogens with two attached hydrogens (primary N) is 1. The fraction of sp³-hybridized carbons (Fsp3) is 0.333. The van der Waals surface area contributed by atoms with E-state index in [2.05, 4.69) is 10.3 Å². The third-order valence-corrected chi connectivity index (χ3v) is 5.62. The number of nitrogens with one attached hydrogen (secondary N) is 1. The number of primary amides is 1. The number of carbonyl (C=O) groups excluding carboxylic acids is 3. The van der Waals surface area contributed by atoms with Crippen molar-refractivity contribution in [2.45, 2.75) is 32.9 Å². The maximum absolute atomic E-state index is 14.7. The van der Waals surface area contributed by atoms with E-state index in [1.807, 2.05) is 13.8 Å². The summed E-state index contributed by atoms with van der Waals surface area (Å²) in [6, 6.07) is 10.9. The van der Waals surface area contributed by atoms with E-state index in [1.165, 1.54) is 11.0 Å². The molecular formula is C24H26ClFN4O3. The first-order valence-corrected chi connectivity index (χ1v) is 10.9. The summed E-state index contributed by atoms with van der Waals surface area (Å²) in [7, 11) is 1.54. The summed E-state index contributed by atoms with van der Waals surface area (Å²) in [4.78, 5) is 43.6. The summed E-state index contributed by atoms with van der Waals surface area (Å²) >= 11 is 6.20. The molecule has 7 nitrogen and oxygen atoms in total. The number of aliphatic imine (C=N–C) groups is 1. The Labute approximate surface area is 196 Å². The molecule has 2 aromatic carbocycles. The molecule has 0 saturated carbocycles. The maximum Gasteiger partial charge on any atom is 0.272 e. The topological polar surface area (TPSA) is 105 Å². The molecule has 1 aliphatic rings. The number of fused-ring (bicyclic) bond motifs is 1. The van der Waals surface area contributed by atoms with Gasteiger partial charge in [0.25, 0.3) is 5.91 Å². The number of carbonyl (C=O) groups is 3. The van der Waals surface area contributed by atoms with E-state index < -0.39 is 35.6 Å². The van der Waals surface area contributed by atoms with Crippen LogP contribution in [0.1, 0.15) is 37.8 Å². The van der Waals surface area contributed by atoms with Gasteiger partial charge in [-0.3, -0.25) is 14.4 Å². The summed E-state index contributed by atoms with van der Waals surface area (Å²) in [6.45, 7) is 3.83. The number of nitrogens with zero attached hydrogens (tertiary/aromatic N) is 2. The van der Waals surface area contributed by atoms with Gasteiger partial charge in [-0.2, -0.15) is 0 Å². The van der Waals surface area contributed by atoms with Crippen molar-refractivity contribution >= 4 is 40.7 Å². The van der Waals surface area contributed by atoms with Crippen LogP contribution >= 0.6 is 11.6 Å². The Balaban J connectivity index is 2.08. The van der Waals surface area contributed by atoms with Crippen molar-refractivity contribution in [3.63, 3.8) is 0 Å². The third kappa shape index (κ3) is 5.57. The van der Waals surface area contributed by atoms with Crippen LogP contribution < -0.4 is 16.0 Å². The Hall–Kier alpha value is -3.26. The van der Waals surface area contributed by atoms with Gasteiger partial charge in [0.15, 0.2) is 0 Å². The van der Waals surface area contributed by atoms with E-state index in [4.69, 9.17) is 17.3 Å². The first-order chi connectivity index (χ1) is 15.6. The predicted octanol–water partition coefficient (Wildman–Crippen LogP) is 3.27. The van der Waals surface area contributed by atoms with Gasteiger partial charge in [-0.25, -0.2) is 9.38 Å². The van der Waals surface area contributed by atoms with Crippen LogP contribution in [0.2, 0.25) is 5.02 Å². The molecule has 1 heterocycles. The molecule has 2 atom stereocenters. The van der Waals surface area contributed by atoms with Crippen molar-refractivity contribution in [3.05, 3.63) is 64.4 Å². The first-order valence-electron chi connectivity index (χ1n) is 10.6. The Morgan fingerprint density at radius 3 is 2.55 bits per heavy atom. The first kappa shape index (κ1) is 24.4. The van der Waals surface area contributed by atoms with E-state index in [0.717, 1.165) is 0 Å². The number of likely N-dealkylation sites (N-methyl/N-ethyl adjacent to an activating group) is 1. The zero-order valence-corrected chi connectivity index (χ0v) is 19.4. The van der Waals surface area contributed by atoms with E-state index in [-0.39, 0.29) is 23.6 Å². The lowest BCUT2D eigenvalue weighted by Gasteiger charge is -2.23. The number of benzene rings is 2. The predicted molar refractivity (Wildman–Crippen MR) is 126 cm³/mol. The van der Waals surface area contributed by atoms with Crippen LogP contribution in [0, 0.1) is 17.7 Å². The second-order valence-electron chi connectivity index (χ2n) is 8.42. The van der Waals surface area contributed by atoms with Crippen LogP contribution in [0.25, 0.3) is 0 Å². The summed E-state index contributed by atoms with van der Waals surface area (Å²) in [5, 5.41) is 3.03. The van der Waals surface area contributed by atoms with Gasteiger partial charge in [0.05, 0.1) is 11.4 Å². The summed E-state index contributed by atoms with van der Waals surface area (Å²) in [5.74, 6) is -2.77. The van der Waals surface area contributed by atoms with Crippen LogP contribution in [-0.2, 0) is 14.4 Å². The average Bonchev–Trinajstić information content (AvgIpc) is 2.83. The van der Waals surface area contributed by atoms with Crippen LogP contribution in [0.5, 0.6) is 0 Å². The highest BCUT2D eigenvalue weighted by molar-refractivity contribution is 6.32. The molecule has 1 aliphatic heterocycles. The van der Waals surface area contributed by atoms with Crippen molar-refractivity contribution in [1.29, 1.82) is 0 Å². The van der Waals surface area contributed by atoms with Crippen LogP contribution in [0.4, 0.5) is 10.1 Å². The lowest BCUT2D eigenvalue weighted by molar-refractivity contribution is -0.132. The van der Waals surface area contributed by atoms with Crippen molar-refractivity contribution in [1.82, 2.24) is 5.32 Å². The Morgan fingerprint density at radius 2 is 1.91 bits per heavy atom. The van der Waals surface area contributed by atoms with Crippen LogP contribution in [0.3, 0.4) is 0 Å². The number of benzodiazepines with no additional fused rings is 1. The SMILES string of the molecule is CC(C)CC(CC(N)=O)C(=O)NC1N=C(c2ccccc2F)c2cc(Cl)ccc2N(C)C1=O. The highest BCUT2D eigenvalue weighted by Gasteiger charge is 2.33. The molecule has 174 valence electrons. The monoisotopic (exact) mass is 472 g/mol. The molecule has 0 bridgehead atoms. The second-order valence-corrected chi connectivity index (χ2v) is 8.86.